The van der Waals surface area contributed by atoms with Crippen LogP contribution in [0.5, 0.6) is 0 Å². The summed E-state index contributed by atoms with van der Waals surface area (Å²) in [4.78, 5) is 13.4. The number of amides is 1. The van der Waals surface area contributed by atoms with Crippen molar-refractivity contribution in [2.24, 2.45) is 0 Å². The molecule has 1 aliphatic rings. The van der Waals surface area contributed by atoms with Crippen LogP contribution < -0.4 is 5.32 Å². The minimum Gasteiger partial charge on any atom is -0.467 e. The highest BCUT2D eigenvalue weighted by atomic mass is 35.5. The van der Waals surface area contributed by atoms with Crippen molar-refractivity contribution in [3.63, 3.8) is 0 Å². The van der Waals surface area contributed by atoms with Crippen molar-refractivity contribution in [1.82, 2.24) is 5.32 Å². The fourth-order valence-corrected chi connectivity index (χ4v) is 4.38. The Morgan fingerprint density at radius 2 is 1.94 bits per heavy atom. The number of hydrogen-bond acceptors (Lipinski definition) is 6. The highest BCUT2D eigenvalue weighted by Crippen LogP contribution is 2.36. The van der Waals surface area contributed by atoms with Crippen LogP contribution in [0.4, 0.5) is 4.39 Å². The van der Waals surface area contributed by atoms with Gasteiger partial charge in [0, 0.05) is 23.4 Å². The van der Waals surface area contributed by atoms with E-state index in [2.05, 4.69) is 5.32 Å². The molecule has 9 heteroatoms. The van der Waals surface area contributed by atoms with E-state index in [-0.39, 0.29) is 32.6 Å². The van der Waals surface area contributed by atoms with Gasteiger partial charge in [0.25, 0.3) is 5.91 Å². The highest BCUT2D eigenvalue weighted by molar-refractivity contribution is 6.30. The Bertz CT molecular complexity index is 1130. The lowest BCUT2D eigenvalue weighted by molar-refractivity contribution is -0.200. The highest BCUT2D eigenvalue weighted by Gasteiger charge is 2.51. The summed E-state index contributed by atoms with van der Waals surface area (Å²) < 4.78 is 31.3. The zero-order chi connectivity index (χ0) is 24.8. The number of benzene rings is 2. The summed E-state index contributed by atoms with van der Waals surface area (Å²) in [6, 6.07) is 16.6. The van der Waals surface area contributed by atoms with E-state index in [0.29, 0.717) is 16.3 Å². The van der Waals surface area contributed by atoms with Gasteiger partial charge in [-0.3, -0.25) is 4.79 Å². The molecule has 2 aromatic carbocycles. The van der Waals surface area contributed by atoms with E-state index in [1.54, 1.807) is 54.6 Å². The molecule has 1 amide bonds. The van der Waals surface area contributed by atoms with Gasteiger partial charge < -0.3 is 29.4 Å². The van der Waals surface area contributed by atoms with Crippen LogP contribution >= 0.6 is 11.6 Å². The second-order valence-corrected chi connectivity index (χ2v) is 9.02. The summed E-state index contributed by atoms with van der Waals surface area (Å²) in [6.45, 7) is 0.0184. The van der Waals surface area contributed by atoms with Crippen LogP contribution in [-0.2, 0) is 34.0 Å². The number of aliphatic hydroxyl groups excluding tert-OH is 2. The van der Waals surface area contributed by atoms with Gasteiger partial charge in [0.2, 0.25) is 0 Å². The number of carbonyl (C=O) groups is 1. The Labute approximate surface area is 207 Å². The average Bonchev–Trinajstić information content (AvgIpc) is 3.37. The van der Waals surface area contributed by atoms with Gasteiger partial charge in [-0.25, -0.2) is 4.39 Å². The van der Waals surface area contributed by atoms with E-state index in [0.717, 1.165) is 5.56 Å². The van der Waals surface area contributed by atoms with E-state index < -0.39 is 35.6 Å². The minimum absolute atomic E-state index is 0.0393. The van der Waals surface area contributed by atoms with Crippen LogP contribution in [0.3, 0.4) is 0 Å². The maximum Gasteiger partial charge on any atom is 0.252 e. The van der Waals surface area contributed by atoms with Crippen molar-refractivity contribution in [3.05, 3.63) is 94.7 Å². The number of hydrogen-bond donors (Lipinski definition) is 3. The lowest BCUT2D eigenvalue weighted by Gasteiger charge is -2.43. The predicted octanol–water partition coefficient (Wildman–Crippen LogP) is 3.74. The summed E-state index contributed by atoms with van der Waals surface area (Å²) >= 11 is 6.08. The quantitative estimate of drug-likeness (QED) is 0.411. The molecule has 1 saturated carbocycles. The summed E-state index contributed by atoms with van der Waals surface area (Å²) in [5.74, 6) is -0.383. The second-order valence-electron chi connectivity index (χ2n) is 8.58. The molecule has 1 fully saturated rings. The van der Waals surface area contributed by atoms with E-state index in [1.807, 2.05) is 0 Å². The molecule has 1 heterocycles. The molecule has 4 rings (SSSR count). The molecule has 1 unspecified atom stereocenters. The Morgan fingerprint density at radius 1 is 1.11 bits per heavy atom. The molecule has 0 aliphatic heterocycles. The molecule has 0 spiro atoms. The van der Waals surface area contributed by atoms with Crippen molar-refractivity contribution in [1.29, 1.82) is 0 Å². The molecule has 0 saturated heterocycles. The van der Waals surface area contributed by atoms with Crippen LogP contribution in [-0.4, -0.2) is 40.0 Å². The Hall–Kier alpha value is -2.75. The van der Waals surface area contributed by atoms with Gasteiger partial charge in [0.1, 0.15) is 17.7 Å². The first kappa shape index (κ1) is 25.3. The standard InChI is InChI=1S/C26H27ClFNO6/c27-19-7-3-5-17(11-19)15-35-26(25(32)29-14-20-8-4-10-33-20)12-22(30)24(31)23(13-26)34-16-18-6-1-2-9-21(18)28/h1-11,22-24,30-31H,12-16H2,(H,29,32)/t22-,23?,24-,26+/m1/s1. The number of halogens is 2. The molecule has 3 aromatic rings. The summed E-state index contributed by atoms with van der Waals surface area (Å²) in [6.07, 6.45) is -2.26. The number of carbonyl (C=O) groups excluding carboxylic acids is 1. The molecule has 0 radical (unpaired) electrons. The Balaban J connectivity index is 1.54. The first-order valence-electron chi connectivity index (χ1n) is 11.3. The number of rotatable bonds is 9. The van der Waals surface area contributed by atoms with Gasteiger partial charge in [-0.15, -0.1) is 0 Å². The van der Waals surface area contributed by atoms with E-state index >= 15 is 0 Å². The number of ether oxygens (including phenoxy) is 2. The van der Waals surface area contributed by atoms with Crippen molar-refractivity contribution in [2.45, 2.75) is 56.5 Å². The molecule has 3 N–H and O–H groups in total. The lowest BCUT2D eigenvalue weighted by atomic mass is 9.78. The third kappa shape index (κ3) is 6.28. The van der Waals surface area contributed by atoms with Gasteiger partial charge in [-0.05, 0) is 35.9 Å². The van der Waals surface area contributed by atoms with Crippen molar-refractivity contribution < 1.29 is 33.3 Å². The summed E-state index contributed by atoms with van der Waals surface area (Å²) in [5, 5.41) is 24.6. The zero-order valence-corrected chi connectivity index (χ0v) is 19.7. The van der Waals surface area contributed by atoms with E-state index in [9.17, 15) is 19.4 Å². The fraction of sp³-hybridized carbons (Fsp3) is 0.346. The average molecular weight is 504 g/mol. The van der Waals surface area contributed by atoms with Crippen LogP contribution in [0.2, 0.25) is 5.02 Å². The van der Waals surface area contributed by atoms with Crippen LogP contribution in [0.25, 0.3) is 0 Å². The molecule has 1 aliphatic carbocycles. The van der Waals surface area contributed by atoms with Gasteiger partial charge in [0.05, 0.1) is 38.2 Å². The molecule has 4 atom stereocenters. The van der Waals surface area contributed by atoms with E-state index in [1.165, 1.54) is 12.3 Å². The smallest absolute Gasteiger partial charge is 0.252 e. The maximum absolute atomic E-state index is 14.1. The van der Waals surface area contributed by atoms with E-state index in [4.69, 9.17) is 25.5 Å². The summed E-state index contributed by atoms with van der Waals surface area (Å²) in [7, 11) is 0. The number of aliphatic hydroxyl groups is 2. The minimum atomic E-state index is -1.52. The topological polar surface area (TPSA) is 101 Å². The maximum atomic E-state index is 14.1. The van der Waals surface area contributed by atoms with Crippen molar-refractivity contribution in [2.75, 3.05) is 0 Å². The normalized spacial score (nSPS) is 24.3. The molecule has 7 nitrogen and oxygen atoms in total. The molecular weight excluding hydrogens is 477 g/mol. The monoisotopic (exact) mass is 503 g/mol. The van der Waals surface area contributed by atoms with Crippen molar-refractivity contribution >= 4 is 17.5 Å². The first-order chi connectivity index (χ1) is 16.9. The van der Waals surface area contributed by atoms with Gasteiger partial charge in [-0.2, -0.15) is 0 Å². The number of furan rings is 1. The Morgan fingerprint density at radius 3 is 2.69 bits per heavy atom. The summed E-state index contributed by atoms with van der Waals surface area (Å²) in [5.41, 5.74) is -0.486. The largest absolute Gasteiger partial charge is 0.467 e. The first-order valence-corrected chi connectivity index (χ1v) is 11.6. The van der Waals surface area contributed by atoms with Crippen LogP contribution in [0.1, 0.15) is 29.7 Å². The molecular formula is C26H27ClFNO6. The SMILES string of the molecule is O=C(NCc1ccco1)[C@@]1(OCc2cccc(Cl)c2)CC(OCc2ccccc2F)[C@H](O)[C@H](O)C1. The molecule has 35 heavy (non-hydrogen) atoms. The fourth-order valence-electron chi connectivity index (χ4n) is 4.16. The molecule has 1 aromatic heterocycles. The molecule has 0 bridgehead atoms. The predicted molar refractivity (Wildman–Crippen MR) is 126 cm³/mol. The number of nitrogens with one attached hydrogen (secondary N) is 1. The van der Waals surface area contributed by atoms with Crippen LogP contribution in [0.15, 0.2) is 71.3 Å². The van der Waals surface area contributed by atoms with Gasteiger partial charge in [0.15, 0.2) is 5.60 Å². The third-order valence-electron chi connectivity index (χ3n) is 6.08. The molecule has 186 valence electrons. The third-order valence-corrected chi connectivity index (χ3v) is 6.31. The van der Waals surface area contributed by atoms with Crippen LogP contribution in [0, 0.1) is 5.82 Å². The Kier molecular flexibility index (Phi) is 8.20. The second kappa shape index (κ2) is 11.3. The van der Waals surface area contributed by atoms with Gasteiger partial charge in [-0.1, -0.05) is 41.9 Å². The zero-order valence-electron chi connectivity index (χ0n) is 18.9. The van der Waals surface area contributed by atoms with Gasteiger partial charge >= 0.3 is 0 Å². The van der Waals surface area contributed by atoms with Crippen molar-refractivity contribution in [3.8, 4) is 0 Å². The lowest BCUT2D eigenvalue weighted by Crippen LogP contribution is -2.60.